The highest BCUT2D eigenvalue weighted by molar-refractivity contribution is 6.38. The molecule has 3 aromatic rings. The second-order valence-electron chi connectivity index (χ2n) is 5.28. The van der Waals surface area contributed by atoms with Crippen LogP contribution >= 0.6 is 11.6 Å². The van der Waals surface area contributed by atoms with Gasteiger partial charge in [-0.3, -0.25) is 4.79 Å². The number of hydrogen-bond donors (Lipinski definition) is 0. The normalized spacial score (nSPS) is 12.2. The van der Waals surface area contributed by atoms with Crippen LogP contribution in [0.15, 0.2) is 36.4 Å². The fourth-order valence-electron chi connectivity index (χ4n) is 3.01. The fourth-order valence-corrected chi connectivity index (χ4v) is 3.30. The molecule has 4 rings (SSSR count). The van der Waals surface area contributed by atoms with Crippen LogP contribution in [-0.2, 0) is 0 Å². The number of ketones is 1. The Kier molecular flexibility index (Phi) is 3.03. The lowest BCUT2D eigenvalue weighted by Gasteiger charge is -2.08. The molecule has 114 valence electrons. The minimum Gasteiger partial charge on any atom is -0.497 e. The average molecular weight is 326 g/mol. The minimum atomic E-state index is -0.0727. The highest BCUT2D eigenvalue weighted by atomic mass is 35.5. The predicted octanol–water partition coefficient (Wildman–Crippen LogP) is 4.12. The number of methoxy groups -OCH3 is 2. The van der Waals surface area contributed by atoms with Crippen LogP contribution in [0.3, 0.4) is 0 Å². The summed E-state index contributed by atoms with van der Waals surface area (Å²) in [5.74, 6) is 1.23. The highest BCUT2D eigenvalue weighted by Crippen LogP contribution is 2.45. The zero-order valence-corrected chi connectivity index (χ0v) is 13.3. The molecule has 1 aliphatic carbocycles. The van der Waals surface area contributed by atoms with Crippen molar-refractivity contribution < 1.29 is 14.3 Å². The number of ether oxygens (including phenoxy) is 2. The third-order valence-corrected chi connectivity index (χ3v) is 4.39. The molecule has 0 unspecified atom stereocenters. The van der Waals surface area contributed by atoms with Crippen LogP contribution in [0, 0.1) is 0 Å². The van der Waals surface area contributed by atoms with E-state index in [1.54, 1.807) is 32.4 Å². The molecule has 2 aromatic carbocycles. The molecule has 0 amide bonds. The van der Waals surface area contributed by atoms with E-state index in [9.17, 15) is 4.79 Å². The number of rotatable bonds is 2. The summed E-state index contributed by atoms with van der Waals surface area (Å²) in [6, 6.07) is 10.8. The zero-order chi connectivity index (χ0) is 16.1. The molecule has 0 atom stereocenters. The maximum Gasteiger partial charge on any atom is 0.195 e. The minimum absolute atomic E-state index is 0.0727. The van der Waals surface area contributed by atoms with Gasteiger partial charge in [-0.1, -0.05) is 11.6 Å². The largest absolute Gasteiger partial charge is 0.497 e. The SMILES string of the molecule is COc1ccc2c(c1)C(=O)c1c-2c(Cl)nc2ccc(OC)cc12. The van der Waals surface area contributed by atoms with Gasteiger partial charge in [0, 0.05) is 22.1 Å². The van der Waals surface area contributed by atoms with Gasteiger partial charge in [-0.05, 0) is 42.0 Å². The molecular formula is C18H12ClNO3. The number of halogens is 1. The van der Waals surface area contributed by atoms with E-state index < -0.39 is 0 Å². The third kappa shape index (κ3) is 1.92. The Morgan fingerprint density at radius 3 is 2.35 bits per heavy atom. The molecule has 1 heterocycles. The fraction of sp³-hybridized carbons (Fsp3) is 0.111. The van der Waals surface area contributed by atoms with Gasteiger partial charge in [0.1, 0.15) is 16.7 Å². The van der Waals surface area contributed by atoms with E-state index in [2.05, 4.69) is 4.98 Å². The Morgan fingerprint density at radius 2 is 1.61 bits per heavy atom. The molecule has 1 aliphatic rings. The molecule has 4 nitrogen and oxygen atoms in total. The number of nitrogens with zero attached hydrogens (tertiary/aromatic N) is 1. The Morgan fingerprint density at radius 1 is 0.913 bits per heavy atom. The molecule has 5 heteroatoms. The van der Waals surface area contributed by atoms with E-state index in [-0.39, 0.29) is 5.78 Å². The van der Waals surface area contributed by atoms with E-state index in [1.165, 1.54) is 0 Å². The Hall–Kier alpha value is -2.59. The Balaban J connectivity index is 2.09. The number of fused-ring (bicyclic) bond motifs is 5. The monoisotopic (exact) mass is 325 g/mol. The predicted molar refractivity (Wildman–Crippen MR) is 88.7 cm³/mol. The standard InChI is InChI=1S/C18H12ClNO3/c1-22-9-3-5-11-12(7-9)17(21)15-13-8-10(23-2)4-6-14(13)20-18(19)16(11)15/h3-8H,1-2H3. The van der Waals surface area contributed by atoms with Crippen LogP contribution in [0.25, 0.3) is 22.0 Å². The van der Waals surface area contributed by atoms with Crippen LogP contribution in [0.5, 0.6) is 11.5 Å². The zero-order valence-electron chi connectivity index (χ0n) is 12.5. The van der Waals surface area contributed by atoms with Crippen LogP contribution in [-0.4, -0.2) is 25.0 Å². The Labute approximate surface area is 137 Å². The molecule has 0 fully saturated rings. The van der Waals surface area contributed by atoms with Crippen LogP contribution in [0.1, 0.15) is 15.9 Å². The Bertz CT molecular complexity index is 982. The molecule has 1 aromatic heterocycles. The van der Waals surface area contributed by atoms with Crippen LogP contribution in [0.2, 0.25) is 5.15 Å². The first-order valence-electron chi connectivity index (χ1n) is 7.04. The third-order valence-electron chi connectivity index (χ3n) is 4.12. The van der Waals surface area contributed by atoms with Gasteiger partial charge in [0.2, 0.25) is 0 Å². The average Bonchev–Trinajstić information content (AvgIpc) is 2.88. The van der Waals surface area contributed by atoms with Gasteiger partial charge < -0.3 is 9.47 Å². The first-order chi connectivity index (χ1) is 11.1. The molecule has 0 saturated carbocycles. The van der Waals surface area contributed by atoms with Gasteiger partial charge in [0.25, 0.3) is 0 Å². The maximum absolute atomic E-state index is 12.9. The second kappa shape index (κ2) is 4.96. The summed E-state index contributed by atoms with van der Waals surface area (Å²) in [4.78, 5) is 17.4. The van der Waals surface area contributed by atoms with E-state index >= 15 is 0 Å². The summed E-state index contributed by atoms with van der Waals surface area (Å²) < 4.78 is 10.5. The first-order valence-corrected chi connectivity index (χ1v) is 7.42. The van der Waals surface area contributed by atoms with Crippen molar-refractivity contribution in [2.45, 2.75) is 0 Å². The number of pyridine rings is 1. The number of hydrogen-bond acceptors (Lipinski definition) is 4. The summed E-state index contributed by atoms with van der Waals surface area (Å²) >= 11 is 6.36. The van der Waals surface area contributed by atoms with E-state index in [0.717, 1.165) is 10.9 Å². The molecule has 0 aliphatic heterocycles. The van der Waals surface area contributed by atoms with Crippen molar-refractivity contribution in [2.24, 2.45) is 0 Å². The number of carbonyl (C=O) groups is 1. The number of aromatic nitrogens is 1. The molecule has 23 heavy (non-hydrogen) atoms. The van der Waals surface area contributed by atoms with Crippen molar-refractivity contribution in [1.82, 2.24) is 4.98 Å². The summed E-state index contributed by atoms with van der Waals surface area (Å²) in [5.41, 5.74) is 3.28. The summed E-state index contributed by atoms with van der Waals surface area (Å²) in [6.45, 7) is 0. The van der Waals surface area contributed by atoms with Gasteiger partial charge in [-0.15, -0.1) is 0 Å². The van der Waals surface area contributed by atoms with Crippen molar-refractivity contribution in [1.29, 1.82) is 0 Å². The first kappa shape index (κ1) is 14.0. The molecule has 0 N–H and O–H groups in total. The van der Waals surface area contributed by atoms with E-state index in [0.29, 0.717) is 38.9 Å². The van der Waals surface area contributed by atoms with Crippen molar-refractivity contribution >= 4 is 28.3 Å². The number of carbonyl (C=O) groups excluding carboxylic acids is 1. The van der Waals surface area contributed by atoms with Crippen molar-refractivity contribution in [2.75, 3.05) is 14.2 Å². The van der Waals surface area contributed by atoms with Gasteiger partial charge in [-0.25, -0.2) is 4.98 Å². The molecule has 0 saturated heterocycles. The van der Waals surface area contributed by atoms with Crippen molar-refractivity contribution in [3.8, 4) is 22.6 Å². The van der Waals surface area contributed by atoms with E-state index in [1.807, 2.05) is 18.2 Å². The molecule has 0 spiro atoms. The lowest BCUT2D eigenvalue weighted by Crippen LogP contribution is -1.98. The summed E-state index contributed by atoms with van der Waals surface area (Å²) in [6.07, 6.45) is 0. The number of benzene rings is 2. The molecule has 0 bridgehead atoms. The maximum atomic E-state index is 12.9. The lowest BCUT2D eigenvalue weighted by molar-refractivity contribution is 0.104. The van der Waals surface area contributed by atoms with Crippen molar-refractivity contribution in [3.63, 3.8) is 0 Å². The second-order valence-corrected chi connectivity index (χ2v) is 5.63. The smallest absolute Gasteiger partial charge is 0.195 e. The van der Waals surface area contributed by atoms with Crippen molar-refractivity contribution in [3.05, 3.63) is 52.7 Å². The molecular weight excluding hydrogens is 314 g/mol. The quantitative estimate of drug-likeness (QED) is 0.520. The van der Waals surface area contributed by atoms with Gasteiger partial charge >= 0.3 is 0 Å². The summed E-state index contributed by atoms with van der Waals surface area (Å²) in [5, 5.41) is 1.07. The topological polar surface area (TPSA) is 48.4 Å². The van der Waals surface area contributed by atoms with E-state index in [4.69, 9.17) is 21.1 Å². The highest BCUT2D eigenvalue weighted by Gasteiger charge is 2.32. The molecule has 0 radical (unpaired) electrons. The van der Waals surface area contributed by atoms with Crippen LogP contribution in [0.4, 0.5) is 0 Å². The lowest BCUT2D eigenvalue weighted by atomic mass is 10.0. The van der Waals surface area contributed by atoms with Gasteiger partial charge in [-0.2, -0.15) is 0 Å². The van der Waals surface area contributed by atoms with Crippen LogP contribution < -0.4 is 9.47 Å². The van der Waals surface area contributed by atoms with Gasteiger partial charge in [0.15, 0.2) is 5.78 Å². The summed E-state index contributed by atoms with van der Waals surface area (Å²) in [7, 11) is 3.16. The van der Waals surface area contributed by atoms with Gasteiger partial charge in [0.05, 0.1) is 19.7 Å².